The first-order valence-electron chi connectivity index (χ1n) is 5.25. The number of aromatic amines is 1. The molecule has 1 aromatic heterocycles. The summed E-state index contributed by atoms with van der Waals surface area (Å²) in [5.74, 6) is 0.651. The number of rotatable bonds is 5. The van der Waals surface area contributed by atoms with Gasteiger partial charge in [0.2, 0.25) is 0 Å². The quantitative estimate of drug-likeness (QED) is 0.507. The molecule has 0 atom stereocenters. The Balaban J connectivity index is 2.23. The third-order valence-corrected chi connectivity index (χ3v) is 3.86. The number of H-pyrrole nitrogens is 1. The van der Waals surface area contributed by atoms with Gasteiger partial charge in [-0.1, -0.05) is 24.0 Å². The second kappa shape index (κ2) is 7.34. The molecule has 0 aliphatic rings. The molecule has 0 aliphatic carbocycles. The normalized spacial score (nSPS) is 10.0. The molecule has 0 saturated heterocycles. The van der Waals surface area contributed by atoms with Crippen LogP contribution in [0.5, 0.6) is 0 Å². The standard InChI is InChI=1S/C11H16N2O2S2/c1-13(9-5-6-12-8-9)11(16)17-7-3-4-10(14)15-2/h5-6,8,12H,3-4,7H2,1-2H3. The van der Waals surface area contributed by atoms with Crippen LogP contribution in [0.4, 0.5) is 5.69 Å². The average molecular weight is 272 g/mol. The number of methoxy groups -OCH3 is 1. The fourth-order valence-corrected chi connectivity index (χ4v) is 2.32. The topological polar surface area (TPSA) is 45.3 Å². The molecular weight excluding hydrogens is 256 g/mol. The van der Waals surface area contributed by atoms with Crippen LogP contribution in [0.1, 0.15) is 12.8 Å². The highest BCUT2D eigenvalue weighted by atomic mass is 32.2. The van der Waals surface area contributed by atoms with Gasteiger partial charge in [0, 0.05) is 31.6 Å². The smallest absolute Gasteiger partial charge is 0.305 e. The zero-order valence-corrected chi connectivity index (χ0v) is 11.6. The van der Waals surface area contributed by atoms with E-state index in [1.807, 2.05) is 30.4 Å². The first kappa shape index (κ1) is 14.1. The van der Waals surface area contributed by atoms with Gasteiger partial charge in [0.25, 0.3) is 0 Å². The largest absolute Gasteiger partial charge is 0.469 e. The van der Waals surface area contributed by atoms with E-state index >= 15 is 0 Å². The van der Waals surface area contributed by atoms with E-state index in [4.69, 9.17) is 12.2 Å². The predicted molar refractivity (Wildman–Crippen MR) is 75.5 cm³/mol. The Kier molecular flexibility index (Phi) is 6.07. The molecule has 1 aromatic rings. The maximum Gasteiger partial charge on any atom is 0.305 e. The van der Waals surface area contributed by atoms with E-state index in [-0.39, 0.29) is 5.97 Å². The van der Waals surface area contributed by atoms with Crippen molar-refractivity contribution in [2.24, 2.45) is 0 Å². The van der Waals surface area contributed by atoms with Gasteiger partial charge in [-0.3, -0.25) is 4.79 Å². The number of hydrogen-bond donors (Lipinski definition) is 1. The Bertz CT molecular complexity index is 366. The van der Waals surface area contributed by atoms with E-state index in [1.54, 1.807) is 11.8 Å². The Morgan fingerprint density at radius 3 is 3.00 bits per heavy atom. The summed E-state index contributed by atoms with van der Waals surface area (Å²) < 4.78 is 5.37. The Labute approximate surface area is 111 Å². The van der Waals surface area contributed by atoms with Gasteiger partial charge in [0.15, 0.2) is 0 Å². The molecule has 17 heavy (non-hydrogen) atoms. The lowest BCUT2D eigenvalue weighted by Crippen LogP contribution is -2.21. The number of carbonyl (C=O) groups excluding carboxylic acids is 1. The minimum absolute atomic E-state index is 0.171. The zero-order chi connectivity index (χ0) is 12.7. The number of ether oxygens (including phenoxy) is 1. The minimum atomic E-state index is -0.171. The van der Waals surface area contributed by atoms with Crippen LogP contribution >= 0.6 is 24.0 Å². The third kappa shape index (κ3) is 4.79. The van der Waals surface area contributed by atoms with Crippen molar-refractivity contribution in [2.75, 3.05) is 24.8 Å². The van der Waals surface area contributed by atoms with Crippen LogP contribution < -0.4 is 4.90 Å². The summed E-state index contributed by atoms with van der Waals surface area (Å²) in [6.45, 7) is 0. The second-order valence-electron chi connectivity index (χ2n) is 3.42. The maximum atomic E-state index is 10.9. The average Bonchev–Trinajstić information content (AvgIpc) is 2.86. The van der Waals surface area contributed by atoms with Gasteiger partial charge < -0.3 is 14.6 Å². The Hall–Kier alpha value is -1.01. The van der Waals surface area contributed by atoms with Gasteiger partial charge in [0.1, 0.15) is 4.32 Å². The number of nitrogens with zero attached hydrogens (tertiary/aromatic N) is 1. The molecule has 0 bridgehead atoms. The number of nitrogens with one attached hydrogen (secondary N) is 1. The third-order valence-electron chi connectivity index (χ3n) is 2.22. The van der Waals surface area contributed by atoms with E-state index in [9.17, 15) is 4.79 Å². The van der Waals surface area contributed by atoms with Gasteiger partial charge in [-0.05, 0) is 12.5 Å². The van der Waals surface area contributed by atoms with Gasteiger partial charge in [-0.2, -0.15) is 0 Å². The first-order valence-corrected chi connectivity index (χ1v) is 6.64. The summed E-state index contributed by atoms with van der Waals surface area (Å²) in [5.41, 5.74) is 1.04. The summed E-state index contributed by atoms with van der Waals surface area (Å²) >= 11 is 6.86. The van der Waals surface area contributed by atoms with E-state index in [1.165, 1.54) is 7.11 Å². The molecule has 94 valence electrons. The molecule has 0 radical (unpaired) electrons. The van der Waals surface area contributed by atoms with Crippen molar-refractivity contribution in [2.45, 2.75) is 12.8 Å². The van der Waals surface area contributed by atoms with Crippen molar-refractivity contribution in [1.29, 1.82) is 0 Å². The van der Waals surface area contributed by atoms with Crippen LogP contribution in [0.25, 0.3) is 0 Å². The minimum Gasteiger partial charge on any atom is -0.469 e. The summed E-state index contributed by atoms with van der Waals surface area (Å²) in [6.07, 6.45) is 4.97. The van der Waals surface area contributed by atoms with Crippen LogP contribution in [0, 0.1) is 0 Å². The molecule has 0 aromatic carbocycles. The van der Waals surface area contributed by atoms with Crippen molar-refractivity contribution >= 4 is 40.0 Å². The molecule has 0 unspecified atom stereocenters. The Morgan fingerprint density at radius 2 is 2.41 bits per heavy atom. The number of anilines is 1. The predicted octanol–water partition coefficient (Wildman–Crippen LogP) is 2.42. The molecular formula is C11H16N2O2S2. The van der Waals surface area contributed by atoms with E-state index in [2.05, 4.69) is 9.72 Å². The molecule has 4 nitrogen and oxygen atoms in total. The highest BCUT2D eigenvalue weighted by molar-refractivity contribution is 8.23. The lowest BCUT2D eigenvalue weighted by Gasteiger charge is -2.17. The highest BCUT2D eigenvalue weighted by Gasteiger charge is 2.08. The Morgan fingerprint density at radius 1 is 1.65 bits per heavy atom. The van der Waals surface area contributed by atoms with Crippen molar-refractivity contribution in [3.8, 4) is 0 Å². The van der Waals surface area contributed by atoms with Gasteiger partial charge in [-0.25, -0.2) is 0 Å². The summed E-state index contributed by atoms with van der Waals surface area (Å²) in [7, 11) is 3.33. The number of thiocarbonyl (C=S) groups is 1. The molecule has 0 amide bonds. The van der Waals surface area contributed by atoms with Crippen molar-refractivity contribution in [3.63, 3.8) is 0 Å². The molecule has 6 heteroatoms. The van der Waals surface area contributed by atoms with E-state index < -0.39 is 0 Å². The molecule has 0 saturated carbocycles. The van der Waals surface area contributed by atoms with Crippen molar-refractivity contribution in [1.82, 2.24) is 4.98 Å². The number of carbonyl (C=O) groups is 1. The fraction of sp³-hybridized carbons (Fsp3) is 0.455. The summed E-state index contributed by atoms with van der Waals surface area (Å²) in [4.78, 5) is 15.8. The number of aromatic nitrogens is 1. The van der Waals surface area contributed by atoms with Gasteiger partial charge >= 0.3 is 5.97 Å². The van der Waals surface area contributed by atoms with Gasteiger partial charge in [0.05, 0.1) is 12.8 Å². The fourth-order valence-electron chi connectivity index (χ4n) is 1.20. The maximum absolute atomic E-state index is 10.9. The van der Waals surface area contributed by atoms with Crippen LogP contribution in [-0.4, -0.2) is 35.2 Å². The molecule has 1 N–H and O–H groups in total. The second-order valence-corrected chi connectivity index (χ2v) is 5.15. The van der Waals surface area contributed by atoms with E-state index in [0.29, 0.717) is 6.42 Å². The molecule has 1 rings (SSSR count). The number of hydrogen-bond acceptors (Lipinski definition) is 4. The zero-order valence-electron chi connectivity index (χ0n) is 9.93. The van der Waals surface area contributed by atoms with Crippen LogP contribution in [-0.2, 0) is 9.53 Å². The van der Waals surface area contributed by atoms with Crippen molar-refractivity contribution in [3.05, 3.63) is 18.5 Å². The monoisotopic (exact) mass is 272 g/mol. The van der Waals surface area contributed by atoms with Crippen LogP contribution in [0.3, 0.4) is 0 Å². The lowest BCUT2D eigenvalue weighted by atomic mass is 10.3. The first-order chi connectivity index (χ1) is 8.15. The molecule has 0 aliphatic heterocycles. The number of thioether (sulfide) groups is 1. The molecule has 0 fully saturated rings. The number of esters is 1. The molecule has 1 heterocycles. The van der Waals surface area contributed by atoms with Gasteiger partial charge in [-0.15, -0.1) is 0 Å². The summed E-state index contributed by atoms with van der Waals surface area (Å²) in [5, 5.41) is 0. The van der Waals surface area contributed by atoms with Crippen LogP contribution in [0.15, 0.2) is 18.5 Å². The summed E-state index contributed by atoms with van der Waals surface area (Å²) in [6, 6.07) is 1.96. The lowest BCUT2D eigenvalue weighted by molar-refractivity contribution is -0.140. The SMILES string of the molecule is COC(=O)CCCSC(=S)N(C)c1cc[nH]c1. The van der Waals surface area contributed by atoms with Crippen molar-refractivity contribution < 1.29 is 9.53 Å². The van der Waals surface area contributed by atoms with Crippen LogP contribution in [0.2, 0.25) is 0 Å². The van der Waals surface area contributed by atoms with E-state index in [0.717, 1.165) is 22.2 Å². The molecule has 0 spiro atoms. The highest BCUT2D eigenvalue weighted by Crippen LogP contribution is 2.18.